The number of thiocarbonyl (C=S) groups is 2. The molecule has 0 atom stereocenters. The minimum atomic E-state index is -0.0891. The van der Waals surface area contributed by atoms with E-state index in [1.807, 2.05) is 20.8 Å². The van der Waals surface area contributed by atoms with Gasteiger partial charge in [0.25, 0.3) is 0 Å². The second kappa shape index (κ2) is 7.91. The minimum absolute atomic E-state index is 0.0891. The lowest BCUT2D eigenvalue weighted by Crippen LogP contribution is -2.44. The fourth-order valence-electron chi connectivity index (χ4n) is 0.683. The highest BCUT2D eigenvalue weighted by Crippen LogP contribution is 1.97. The highest BCUT2D eigenvalue weighted by molar-refractivity contribution is 7.80. The van der Waals surface area contributed by atoms with Crippen LogP contribution in [0.4, 0.5) is 0 Å². The summed E-state index contributed by atoms with van der Waals surface area (Å²) in [7, 11) is 1.71. The van der Waals surface area contributed by atoms with Gasteiger partial charge in [0.15, 0.2) is 10.2 Å². The van der Waals surface area contributed by atoms with Crippen LogP contribution in [-0.4, -0.2) is 35.2 Å². The largest absolute Gasteiger partial charge is 0.364 e. The van der Waals surface area contributed by atoms with Crippen molar-refractivity contribution in [1.82, 2.24) is 21.5 Å². The van der Waals surface area contributed by atoms with Gasteiger partial charge in [-0.1, -0.05) is 0 Å². The van der Waals surface area contributed by atoms with Crippen molar-refractivity contribution in [1.29, 1.82) is 0 Å². The molecular weight excluding hydrogens is 256 g/mol. The van der Waals surface area contributed by atoms with Gasteiger partial charge in [-0.2, -0.15) is 10.2 Å². The Bertz CT molecular complexity index is 318. The fraction of sp³-hybridized carbons (Fsp3) is 0.556. The number of rotatable bonds is 3. The predicted octanol–water partition coefficient (Wildman–Crippen LogP) is 0.314. The molecule has 0 saturated heterocycles. The molecule has 0 aromatic rings. The van der Waals surface area contributed by atoms with Gasteiger partial charge >= 0.3 is 0 Å². The van der Waals surface area contributed by atoms with E-state index in [-0.39, 0.29) is 5.54 Å². The smallest absolute Gasteiger partial charge is 0.187 e. The second-order valence-electron chi connectivity index (χ2n) is 4.06. The van der Waals surface area contributed by atoms with Crippen molar-refractivity contribution >= 4 is 47.1 Å². The van der Waals surface area contributed by atoms with Crippen LogP contribution in [0.1, 0.15) is 20.8 Å². The third-order valence-electron chi connectivity index (χ3n) is 1.26. The summed E-state index contributed by atoms with van der Waals surface area (Å²) in [6, 6.07) is 0. The number of hydrazone groups is 2. The molecule has 8 heteroatoms. The lowest BCUT2D eigenvalue weighted by atomic mass is 10.1. The van der Waals surface area contributed by atoms with Crippen LogP contribution in [0.25, 0.3) is 0 Å². The van der Waals surface area contributed by atoms with E-state index in [2.05, 4.69) is 31.7 Å². The Morgan fingerprint density at radius 2 is 1.47 bits per heavy atom. The van der Waals surface area contributed by atoms with E-state index in [4.69, 9.17) is 24.4 Å². The van der Waals surface area contributed by atoms with Gasteiger partial charge in [0.2, 0.25) is 0 Å². The van der Waals surface area contributed by atoms with E-state index >= 15 is 0 Å². The van der Waals surface area contributed by atoms with Crippen LogP contribution in [-0.2, 0) is 0 Å². The van der Waals surface area contributed by atoms with E-state index in [9.17, 15) is 0 Å². The van der Waals surface area contributed by atoms with E-state index < -0.39 is 0 Å². The van der Waals surface area contributed by atoms with Gasteiger partial charge in [0.1, 0.15) is 0 Å². The van der Waals surface area contributed by atoms with E-state index in [0.717, 1.165) is 0 Å². The number of hydrogen-bond acceptors (Lipinski definition) is 4. The molecule has 0 heterocycles. The van der Waals surface area contributed by atoms with Crippen molar-refractivity contribution in [2.75, 3.05) is 7.05 Å². The molecule has 0 saturated carbocycles. The summed E-state index contributed by atoms with van der Waals surface area (Å²) in [5.74, 6) is 0. The molecule has 17 heavy (non-hydrogen) atoms. The third-order valence-corrected chi connectivity index (χ3v) is 1.75. The number of nitrogens with one attached hydrogen (secondary N) is 4. The Labute approximate surface area is 112 Å². The van der Waals surface area contributed by atoms with Crippen LogP contribution in [0.15, 0.2) is 10.2 Å². The predicted molar refractivity (Wildman–Crippen MR) is 80.4 cm³/mol. The average molecular weight is 274 g/mol. The van der Waals surface area contributed by atoms with Crippen LogP contribution in [0, 0.1) is 0 Å². The first-order valence-corrected chi connectivity index (χ1v) is 5.77. The number of nitrogens with zero attached hydrogens (tertiary/aromatic N) is 2. The fourth-order valence-corrected chi connectivity index (χ4v) is 1.09. The molecule has 0 fully saturated rings. The Morgan fingerprint density at radius 3 is 1.88 bits per heavy atom. The van der Waals surface area contributed by atoms with Gasteiger partial charge in [0.05, 0.1) is 12.4 Å². The van der Waals surface area contributed by atoms with Crippen molar-refractivity contribution in [3.05, 3.63) is 0 Å². The monoisotopic (exact) mass is 274 g/mol. The van der Waals surface area contributed by atoms with Crippen molar-refractivity contribution in [3.8, 4) is 0 Å². The summed E-state index contributed by atoms with van der Waals surface area (Å²) >= 11 is 9.82. The standard InChI is InChI=1S/C9H18N6S2/c1-9(2,3)13-8(17)15-12-6-5-11-14-7(16)10-4/h5-6H,1-4H3,(H2,10,14,16)(H2,13,15,17)/b11-5+,12-6+. The lowest BCUT2D eigenvalue weighted by Gasteiger charge is -2.21. The summed E-state index contributed by atoms with van der Waals surface area (Å²) in [5, 5.41) is 14.3. The Kier molecular flexibility index (Phi) is 7.31. The SMILES string of the molecule is CNC(=S)N/N=C/C=N/NC(=S)NC(C)(C)C. The van der Waals surface area contributed by atoms with E-state index in [1.165, 1.54) is 12.4 Å². The molecule has 0 unspecified atom stereocenters. The number of hydrogen-bond donors (Lipinski definition) is 4. The van der Waals surface area contributed by atoms with Gasteiger partial charge in [0, 0.05) is 12.6 Å². The van der Waals surface area contributed by atoms with Crippen molar-refractivity contribution in [2.45, 2.75) is 26.3 Å². The summed E-state index contributed by atoms with van der Waals surface area (Å²) in [5.41, 5.74) is 5.16. The molecule has 0 aliphatic carbocycles. The molecule has 6 nitrogen and oxygen atoms in total. The maximum atomic E-state index is 5.01. The summed E-state index contributed by atoms with van der Waals surface area (Å²) < 4.78 is 0. The van der Waals surface area contributed by atoms with Gasteiger partial charge in [-0.15, -0.1) is 0 Å². The second-order valence-corrected chi connectivity index (χ2v) is 4.88. The van der Waals surface area contributed by atoms with E-state index in [0.29, 0.717) is 10.2 Å². The van der Waals surface area contributed by atoms with Crippen molar-refractivity contribution in [3.63, 3.8) is 0 Å². The molecule has 96 valence electrons. The van der Waals surface area contributed by atoms with Crippen LogP contribution >= 0.6 is 24.4 Å². The molecule has 0 rings (SSSR count). The third kappa shape index (κ3) is 11.0. The topological polar surface area (TPSA) is 72.8 Å². The summed E-state index contributed by atoms with van der Waals surface area (Å²) in [4.78, 5) is 0. The molecular formula is C9H18N6S2. The van der Waals surface area contributed by atoms with Gasteiger partial charge < -0.3 is 10.6 Å². The Hall–Kier alpha value is -1.28. The van der Waals surface area contributed by atoms with Crippen molar-refractivity contribution < 1.29 is 0 Å². The van der Waals surface area contributed by atoms with Gasteiger partial charge in [-0.25, -0.2) is 0 Å². The maximum absolute atomic E-state index is 5.01. The zero-order valence-corrected chi connectivity index (χ0v) is 12.0. The molecule has 0 spiro atoms. The molecule has 0 aromatic heterocycles. The van der Waals surface area contributed by atoms with Gasteiger partial charge in [-0.05, 0) is 45.2 Å². The summed E-state index contributed by atoms with van der Waals surface area (Å²) in [6.45, 7) is 6.03. The van der Waals surface area contributed by atoms with Crippen LogP contribution in [0.2, 0.25) is 0 Å². The quantitative estimate of drug-likeness (QED) is 0.337. The molecule has 0 aliphatic rings. The first-order chi connectivity index (χ1) is 7.85. The highest BCUT2D eigenvalue weighted by Gasteiger charge is 2.09. The molecule has 0 bridgehead atoms. The molecule has 0 aliphatic heterocycles. The zero-order chi connectivity index (χ0) is 13.3. The van der Waals surface area contributed by atoms with Crippen LogP contribution < -0.4 is 21.5 Å². The average Bonchev–Trinajstić information content (AvgIpc) is 2.20. The minimum Gasteiger partial charge on any atom is -0.364 e. The van der Waals surface area contributed by atoms with Crippen molar-refractivity contribution in [2.24, 2.45) is 10.2 Å². The van der Waals surface area contributed by atoms with Gasteiger partial charge in [-0.3, -0.25) is 10.9 Å². The normalized spacial score (nSPS) is 11.5. The van der Waals surface area contributed by atoms with Crippen LogP contribution in [0.5, 0.6) is 0 Å². The van der Waals surface area contributed by atoms with E-state index in [1.54, 1.807) is 7.05 Å². The highest BCUT2D eigenvalue weighted by atomic mass is 32.1. The molecule has 0 amide bonds. The first kappa shape index (κ1) is 15.7. The Balaban J connectivity index is 3.81. The molecule has 0 aromatic carbocycles. The molecule has 0 radical (unpaired) electrons. The lowest BCUT2D eigenvalue weighted by molar-refractivity contribution is 0.508. The van der Waals surface area contributed by atoms with Crippen LogP contribution in [0.3, 0.4) is 0 Å². The Morgan fingerprint density at radius 1 is 1.00 bits per heavy atom. The first-order valence-electron chi connectivity index (χ1n) is 4.96. The zero-order valence-electron chi connectivity index (χ0n) is 10.4. The molecule has 4 N–H and O–H groups in total. The summed E-state index contributed by atoms with van der Waals surface area (Å²) in [6.07, 6.45) is 2.91. The maximum Gasteiger partial charge on any atom is 0.187 e.